The summed E-state index contributed by atoms with van der Waals surface area (Å²) in [7, 11) is 0. The quantitative estimate of drug-likeness (QED) is 0.817. The average molecular weight is 335 g/mol. The molecule has 6 heteroatoms. The molecule has 0 radical (unpaired) electrons. The monoisotopic (exact) mass is 334 g/mol. The van der Waals surface area contributed by atoms with Crippen LogP contribution in [-0.2, 0) is 6.54 Å². The van der Waals surface area contributed by atoms with Gasteiger partial charge >= 0.3 is 0 Å². The molecule has 2 aromatic rings. The van der Waals surface area contributed by atoms with Crippen molar-refractivity contribution in [3.63, 3.8) is 0 Å². The van der Waals surface area contributed by atoms with Crippen LogP contribution in [0.3, 0.4) is 0 Å². The van der Waals surface area contributed by atoms with Crippen LogP contribution in [0.25, 0.3) is 0 Å². The molecule has 1 aromatic heterocycles. The van der Waals surface area contributed by atoms with E-state index in [1.807, 2.05) is 41.3 Å². The van der Waals surface area contributed by atoms with Gasteiger partial charge in [-0.25, -0.2) is 0 Å². The Morgan fingerprint density at radius 1 is 1.30 bits per heavy atom. The summed E-state index contributed by atoms with van der Waals surface area (Å²) in [5, 5.41) is 7.20. The summed E-state index contributed by atoms with van der Waals surface area (Å²) >= 11 is 0. The van der Waals surface area contributed by atoms with Crippen LogP contribution in [0.1, 0.15) is 46.9 Å². The first-order valence-electron chi connectivity index (χ1n) is 7.86. The van der Waals surface area contributed by atoms with Crippen molar-refractivity contribution in [1.82, 2.24) is 15.1 Å². The number of carbonyl (C=O) groups excluding carboxylic acids is 1. The molecule has 1 aliphatic rings. The first-order chi connectivity index (χ1) is 10.8. The number of hydrogen-bond acceptors (Lipinski definition) is 3. The molecule has 0 spiro atoms. The number of amides is 1. The van der Waals surface area contributed by atoms with E-state index in [9.17, 15) is 4.79 Å². The molecule has 3 rings (SSSR count). The first-order valence-corrected chi connectivity index (χ1v) is 7.86. The lowest BCUT2D eigenvalue weighted by Crippen LogP contribution is -2.32. The summed E-state index contributed by atoms with van der Waals surface area (Å²) in [6.07, 6.45) is 3.17. The molecule has 1 aliphatic carbocycles. The second-order valence-electron chi connectivity index (χ2n) is 5.84. The maximum Gasteiger partial charge on any atom is 0.274 e. The van der Waals surface area contributed by atoms with Crippen LogP contribution in [0, 0.1) is 0 Å². The largest absolute Gasteiger partial charge is 0.333 e. The third-order valence-electron chi connectivity index (χ3n) is 3.97. The molecule has 23 heavy (non-hydrogen) atoms. The van der Waals surface area contributed by atoms with Crippen molar-refractivity contribution < 1.29 is 4.79 Å². The lowest BCUT2D eigenvalue weighted by Gasteiger charge is -2.21. The van der Waals surface area contributed by atoms with Crippen LogP contribution in [0.15, 0.2) is 36.4 Å². The van der Waals surface area contributed by atoms with E-state index in [1.54, 1.807) is 0 Å². The van der Waals surface area contributed by atoms with Crippen molar-refractivity contribution in [3.05, 3.63) is 53.3 Å². The van der Waals surface area contributed by atoms with Gasteiger partial charge in [-0.1, -0.05) is 30.3 Å². The number of carbonyl (C=O) groups is 1. The fraction of sp³-hybridized carbons (Fsp3) is 0.412. The summed E-state index contributed by atoms with van der Waals surface area (Å²) < 4.78 is 0. The first kappa shape index (κ1) is 17.5. The van der Waals surface area contributed by atoms with Gasteiger partial charge in [0.1, 0.15) is 5.69 Å². The van der Waals surface area contributed by atoms with E-state index in [2.05, 4.69) is 10.2 Å². The summed E-state index contributed by atoms with van der Waals surface area (Å²) in [5.41, 5.74) is 8.31. The number of aromatic nitrogens is 2. The lowest BCUT2D eigenvalue weighted by molar-refractivity contribution is 0.0736. The van der Waals surface area contributed by atoms with Gasteiger partial charge in [0.2, 0.25) is 0 Å². The van der Waals surface area contributed by atoms with E-state index >= 15 is 0 Å². The Kier molecular flexibility index (Phi) is 6.19. The SMILES string of the molecule is Cl.NCCCN(Cc1ccccc1)C(=O)c1cc(C2CC2)[nH]n1. The van der Waals surface area contributed by atoms with Gasteiger partial charge in [-0.3, -0.25) is 9.89 Å². The number of nitrogens with two attached hydrogens (primary N) is 1. The normalized spacial score (nSPS) is 13.4. The topological polar surface area (TPSA) is 75.0 Å². The third kappa shape index (κ3) is 4.56. The number of halogens is 1. The zero-order chi connectivity index (χ0) is 15.4. The van der Waals surface area contributed by atoms with Crippen molar-refractivity contribution in [1.29, 1.82) is 0 Å². The zero-order valence-electron chi connectivity index (χ0n) is 13.1. The molecule has 1 amide bonds. The molecule has 3 N–H and O–H groups in total. The maximum atomic E-state index is 12.7. The summed E-state index contributed by atoms with van der Waals surface area (Å²) in [4.78, 5) is 14.5. The molecule has 0 unspecified atom stereocenters. The number of hydrogen-bond donors (Lipinski definition) is 2. The Bertz CT molecular complexity index is 625. The minimum atomic E-state index is -0.0274. The molecule has 1 saturated carbocycles. The third-order valence-corrected chi connectivity index (χ3v) is 3.97. The minimum Gasteiger partial charge on any atom is -0.333 e. The highest BCUT2D eigenvalue weighted by atomic mass is 35.5. The average Bonchev–Trinajstić information content (AvgIpc) is 3.29. The molecular formula is C17H23ClN4O. The second kappa shape index (κ2) is 8.13. The van der Waals surface area contributed by atoms with Crippen LogP contribution in [-0.4, -0.2) is 34.1 Å². The fourth-order valence-electron chi connectivity index (χ4n) is 2.55. The van der Waals surface area contributed by atoms with E-state index in [1.165, 1.54) is 12.8 Å². The highest BCUT2D eigenvalue weighted by Crippen LogP contribution is 2.39. The highest BCUT2D eigenvalue weighted by molar-refractivity contribution is 5.92. The highest BCUT2D eigenvalue weighted by Gasteiger charge is 2.27. The van der Waals surface area contributed by atoms with Crippen LogP contribution >= 0.6 is 12.4 Å². The van der Waals surface area contributed by atoms with Gasteiger partial charge in [0.05, 0.1) is 0 Å². The van der Waals surface area contributed by atoms with Crippen LogP contribution in [0.4, 0.5) is 0 Å². The summed E-state index contributed by atoms with van der Waals surface area (Å²) in [5.74, 6) is 0.543. The Labute approximate surface area is 142 Å². The van der Waals surface area contributed by atoms with E-state index in [4.69, 9.17) is 5.73 Å². The van der Waals surface area contributed by atoms with E-state index in [0.29, 0.717) is 31.2 Å². The predicted molar refractivity (Wildman–Crippen MR) is 92.7 cm³/mol. The number of nitrogens with one attached hydrogen (secondary N) is 1. The number of benzene rings is 1. The Balaban J connectivity index is 0.00000192. The fourth-order valence-corrected chi connectivity index (χ4v) is 2.55. The Morgan fingerprint density at radius 2 is 2.04 bits per heavy atom. The van der Waals surface area contributed by atoms with Gasteiger partial charge in [-0.2, -0.15) is 5.10 Å². The van der Waals surface area contributed by atoms with Gasteiger partial charge in [-0.15, -0.1) is 12.4 Å². The van der Waals surface area contributed by atoms with Crippen LogP contribution < -0.4 is 5.73 Å². The van der Waals surface area contributed by atoms with Gasteiger partial charge in [-0.05, 0) is 37.4 Å². The van der Waals surface area contributed by atoms with Gasteiger partial charge in [0.15, 0.2) is 0 Å². The molecule has 0 atom stereocenters. The number of H-pyrrole nitrogens is 1. The van der Waals surface area contributed by atoms with E-state index in [-0.39, 0.29) is 18.3 Å². The van der Waals surface area contributed by atoms with Crippen molar-refractivity contribution in [3.8, 4) is 0 Å². The molecule has 0 saturated heterocycles. The summed E-state index contributed by atoms with van der Waals surface area (Å²) in [6, 6.07) is 11.9. The molecule has 1 aromatic carbocycles. The van der Waals surface area contributed by atoms with Crippen molar-refractivity contribution in [2.24, 2.45) is 5.73 Å². The van der Waals surface area contributed by atoms with Crippen molar-refractivity contribution >= 4 is 18.3 Å². The molecule has 124 valence electrons. The molecule has 0 aliphatic heterocycles. The lowest BCUT2D eigenvalue weighted by atomic mass is 10.2. The molecular weight excluding hydrogens is 312 g/mol. The second-order valence-corrected chi connectivity index (χ2v) is 5.84. The maximum absolute atomic E-state index is 12.7. The van der Waals surface area contributed by atoms with Crippen molar-refractivity contribution in [2.75, 3.05) is 13.1 Å². The minimum absolute atomic E-state index is 0. The van der Waals surface area contributed by atoms with Gasteiger partial charge < -0.3 is 10.6 Å². The molecule has 1 heterocycles. The van der Waals surface area contributed by atoms with E-state index < -0.39 is 0 Å². The number of rotatable bonds is 7. The van der Waals surface area contributed by atoms with Gasteiger partial charge in [0, 0.05) is 24.7 Å². The number of nitrogens with zero attached hydrogens (tertiary/aromatic N) is 2. The Morgan fingerprint density at radius 3 is 2.70 bits per heavy atom. The summed E-state index contributed by atoms with van der Waals surface area (Å²) in [6.45, 7) is 1.81. The van der Waals surface area contributed by atoms with Crippen LogP contribution in [0.2, 0.25) is 0 Å². The Hall–Kier alpha value is -1.85. The predicted octanol–water partition coefficient (Wildman–Crippen LogP) is 2.70. The molecule has 1 fully saturated rings. The molecule has 5 nitrogen and oxygen atoms in total. The van der Waals surface area contributed by atoms with E-state index in [0.717, 1.165) is 17.7 Å². The van der Waals surface area contributed by atoms with Crippen LogP contribution in [0.5, 0.6) is 0 Å². The van der Waals surface area contributed by atoms with Crippen molar-refractivity contribution in [2.45, 2.75) is 31.7 Å². The molecule has 0 bridgehead atoms. The standard InChI is InChI=1S/C17H22N4O.ClH/c18-9-4-10-21(12-13-5-2-1-3-6-13)17(22)16-11-15(19-20-16)14-7-8-14;/h1-3,5-6,11,14H,4,7-10,12,18H2,(H,19,20);1H. The smallest absolute Gasteiger partial charge is 0.274 e. The zero-order valence-corrected chi connectivity index (χ0v) is 13.9. The van der Waals surface area contributed by atoms with Gasteiger partial charge in [0.25, 0.3) is 5.91 Å². The number of aromatic amines is 1.